The quantitative estimate of drug-likeness (QED) is 0.804. The van der Waals surface area contributed by atoms with Gasteiger partial charge in [0.1, 0.15) is 0 Å². The molecule has 1 aromatic heterocycles. The number of rotatable bonds is 6. The Morgan fingerprint density at radius 2 is 2.12 bits per heavy atom. The molecule has 24 heavy (non-hydrogen) atoms. The van der Waals surface area contributed by atoms with Crippen molar-refractivity contribution in [3.05, 3.63) is 40.9 Å². The Labute approximate surface area is 146 Å². The van der Waals surface area contributed by atoms with Crippen LogP contribution in [0.5, 0.6) is 0 Å². The molecule has 1 amide bonds. The number of benzene rings is 1. The van der Waals surface area contributed by atoms with Crippen LogP contribution >= 0.6 is 11.5 Å². The lowest BCUT2D eigenvalue weighted by atomic mass is 10.1. The third-order valence-electron chi connectivity index (χ3n) is 4.14. The molecule has 1 atom stereocenters. The Morgan fingerprint density at radius 3 is 2.71 bits per heavy atom. The van der Waals surface area contributed by atoms with E-state index in [1.807, 2.05) is 19.0 Å². The predicted octanol–water partition coefficient (Wildman–Crippen LogP) is 2.43. The molecule has 0 saturated carbocycles. The molecule has 1 saturated heterocycles. The van der Waals surface area contributed by atoms with Crippen molar-refractivity contribution >= 4 is 23.1 Å². The summed E-state index contributed by atoms with van der Waals surface area (Å²) in [6, 6.07) is 8.25. The minimum Gasteiger partial charge on any atom is -0.378 e. The number of anilines is 1. The number of carbonyl (C=O) groups excluding carboxylic acids is 1. The number of hydrogen-bond donors (Lipinski definition) is 0. The highest BCUT2D eigenvalue weighted by Crippen LogP contribution is 2.18. The van der Waals surface area contributed by atoms with E-state index in [2.05, 4.69) is 38.8 Å². The molecular weight excluding hydrogens is 324 g/mol. The van der Waals surface area contributed by atoms with Crippen LogP contribution in [0.1, 0.15) is 28.9 Å². The summed E-state index contributed by atoms with van der Waals surface area (Å²) in [5.74, 6) is -0.0871. The lowest BCUT2D eigenvalue weighted by Crippen LogP contribution is -2.37. The summed E-state index contributed by atoms with van der Waals surface area (Å²) < 4.78 is 9.51. The maximum atomic E-state index is 12.7. The van der Waals surface area contributed by atoms with Crippen molar-refractivity contribution in [3.63, 3.8) is 0 Å². The van der Waals surface area contributed by atoms with Gasteiger partial charge in [-0.2, -0.15) is 0 Å². The average Bonchev–Trinajstić information content (AvgIpc) is 3.28. The van der Waals surface area contributed by atoms with Crippen LogP contribution in [0.15, 0.2) is 29.6 Å². The molecule has 0 aliphatic carbocycles. The minimum atomic E-state index is -0.0871. The second-order valence-corrected chi connectivity index (χ2v) is 6.78. The van der Waals surface area contributed by atoms with Crippen molar-refractivity contribution in [3.8, 4) is 0 Å². The molecule has 0 N–H and O–H groups in total. The number of carbonyl (C=O) groups is 1. The standard InChI is InChI=1S/C17H22N4O2S/c1-20(2)14-7-5-13(6-8-14)10-21(11-15-4-3-9-23-15)17(22)16-12-24-19-18-16/h5-8,12,15H,3-4,9-11H2,1-2H3/t15-/m0/s1. The van der Waals surface area contributed by atoms with Gasteiger partial charge in [0.2, 0.25) is 0 Å². The summed E-state index contributed by atoms with van der Waals surface area (Å²) in [6.45, 7) is 1.91. The van der Waals surface area contributed by atoms with E-state index in [1.165, 1.54) is 11.5 Å². The van der Waals surface area contributed by atoms with E-state index < -0.39 is 0 Å². The first-order chi connectivity index (χ1) is 11.6. The van der Waals surface area contributed by atoms with Crippen molar-refractivity contribution in [2.45, 2.75) is 25.5 Å². The summed E-state index contributed by atoms with van der Waals surface area (Å²) in [5.41, 5.74) is 2.64. The van der Waals surface area contributed by atoms with Crippen LogP contribution in [0.4, 0.5) is 5.69 Å². The van der Waals surface area contributed by atoms with E-state index in [4.69, 9.17) is 4.74 Å². The number of hydrogen-bond acceptors (Lipinski definition) is 6. The molecule has 0 spiro atoms. The first kappa shape index (κ1) is 16.9. The third kappa shape index (κ3) is 4.10. The Hall–Kier alpha value is -1.99. The Morgan fingerprint density at radius 1 is 1.33 bits per heavy atom. The van der Waals surface area contributed by atoms with Crippen LogP contribution in [0.25, 0.3) is 0 Å². The van der Waals surface area contributed by atoms with Gasteiger partial charge in [-0.05, 0) is 42.1 Å². The summed E-state index contributed by atoms with van der Waals surface area (Å²) >= 11 is 1.19. The Kier molecular flexibility index (Phi) is 5.42. The average molecular weight is 346 g/mol. The summed E-state index contributed by atoms with van der Waals surface area (Å²) in [7, 11) is 4.02. The normalized spacial score (nSPS) is 17.0. The molecule has 2 aromatic rings. The highest BCUT2D eigenvalue weighted by atomic mass is 32.1. The zero-order valence-electron chi connectivity index (χ0n) is 14.0. The van der Waals surface area contributed by atoms with E-state index in [1.54, 1.807) is 5.38 Å². The van der Waals surface area contributed by atoms with Crippen molar-refractivity contribution in [1.82, 2.24) is 14.5 Å². The molecule has 128 valence electrons. The zero-order chi connectivity index (χ0) is 16.9. The van der Waals surface area contributed by atoms with Crippen LogP contribution in [-0.4, -0.2) is 53.7 Å². The maximum Gasteiger partial charge on any atom is 0.275 e. The lowest BCUT2D eigenvalue weighted by molar-refractivity contribution is 0.0503. The molecule has 1 aliphatic heterocycles. The summed E-state index contributed by atoms with van der Waals surface area (Å²) in [6.07, 6.45) is 2.17. The lowest BCUT2D eigenvalue weighted by Gasteiger charge is -2.25. The van der Waals surface area contributed by atoms with E-state index in [0.29, 0.717) is 18.8 Å². The molecular formula is C17H22N4O2S. The fraction of sp³-hybridized carbons (Fsp3) is 0.471. The number of aromatic nitrogens is 2. The molecule has 0 bridgehead atoms. The molecule has 2 heterocycles. The van der Waals surface area contributed by atoms with E-state index >= 15 is 0 Å². The highest BCUT2D eigenvalue weighted by Gasteiger charge is 2.25. The van der Waals surface area contributed by atoms with Crippen LogP contribution in [-0.2, 0) is 11.3 Å². The summed E-state index contributed by atoms with van der Waals surface area (Å²) in [4.78, 5) is 16.6. The molecule has 1 aromatic carbocycles. The zero-order valence-corrected chi connectivity index (χ0v) is 14.8. The van der Waals surface area contributed by atoms with Gasteiger partial charge >= 0.3 is 0 Å². The van der Waals surface area contributed by atoms with Crippen molar-refractivity contribution < 1.29 is 9.53 Å². The SMILES string of the molecule is CN(C)c1ccc(CN(C[C@@H]2CCCO2)C(=O)c2csnn2)cc1. The molecule has 1 fully saturated rings. The van der Waals surface area contributed by atoms with Crippen LogP contribution in [0, 0.1) is 0 Å². The van der Waals surface area contributed by atoms with E-state index in [9.17, 15) is 4.79 Å². The molecule has 0 radical (unpaired) electrons. The Balaban J connectivity index is 1.74. The molecule has 3 rings (SSSR count). The van der Waals surface area contributed by atoms with E-state index in [0.717, 1.165) is 30.7 Å². The fourth-order valence-electron chi connectivity index (χ4n) is 2.79. The van der Waals surface area contributed by atoms with Crippen molar-refractivity contribution in [1.29, 1.82) is 0 Å². The van der Waals surface area contributed by atoms with Gasteiger partial charge in [0, 0.05) is 44.9 Å². The molecule has 7 heteroatoms. The molecule has 6 nitrogen and oxygen atoms in total. The Bertz CT molecular complexity index is 652. The van der Waals surface area contributed by atoms with Crippen molar-refractivity contribution in [2.24, 2.45) is 0 Å². The van der Waals surface area contributed by atoms with Gasteiger partial charge in [-0.25, -0.2) is 0 Å². The molecule has 0 unspecified atom stereocenters. The predicted molar refractivity (Wildman–Crippen MR) is 94.4 cm³/mol. The van der Waals surface area contributed by atoms with Gasteiger partial charge < -0.3 is 14.5 Å². The summed E-state index contributed by atoms with van der Waals surface area (Å²) in [5, 5.41) is 5.61. The number of ether oxygens (including phenoxy) is 1. The van der Waals surface area contributed by atoms with Crippen LogP contribution in [0.2, 0.25) is 0 Å². The second kappa shape index (κ2) is 7.72. The van der Waals surface area contributed by atoms with Gasteiger partial charge in [-0.1, -0.05) is 16.6 Å². The fourth-order valence-corrected chi connectivity index (χ4v) is 3.22. The molecule has 1 aliphatic rings. The monoisotopic (exact) mass is 346 g/mol. The maximum absolute atomic E-state index is 12.7. The highest BCUT2D eigenvalue weighted by molar-refractivity contribution is 7.03. The van der Waals surface area contributed by atoms with Crippen LogP contribution < -0.4 is 4.90 Å². The van der Waals surface area contributed by atoms with Gasteiger partial charge in [-0.15, -0.1) is 5.10 Å². The number of amides is 1. The third-order valence-corrected chi connectivity index (χ3v) is 4.65. The van der Waals surface area contributed by atoms with Crippen molar-refractivity contribution in [2.75, 3.05) is 32.1 Å². The van der Waals surface area contributed by atoms with Gasteiger partial charge in [0.05, 0.1) is 6.10 Å². The largest absolute Gasteiger partial charge is 0.378 e. The topological polar surface area (TPSA) is 58.6 Å². The van der Waals surface area contributed by atoms with Gasteiger partial charge in [0.25, 0.3) is 5.91 Å². The first-order valence-corrected chi connectivity index (χ1v) is 8.91. The smallest absolute Gasteiger partial charge is 0.275 e. The number of nitrogens with zero attached hydrogens (tertiary/aromatic N) is 4. The van der Waals surface area contributed by atoms with E-state index in [-0.39, 0.29) is 12.0 Å². The van der Waals surface area contributed by atoms with Crippen LogP contribution in [0.3, 0.4) is 0 Å². The first-order valence-electron chi connectivity index (χ1n) is 8.07. The van der Waals surface area contributed by atoms with Gasteiger partial charge in [0.15, 0.2) is 5.69 Å². The van der Waals surface area contributed by atoms with Gasteiger partial charge in [-0.3, -0.25) is 4.79 Å². The second-order valence-electron chi connectivity index (χ2n) is 6.17. The minimum absolute atomic E-state index is 0.0871.